The van der Waals surface area contributed by atoms with Crippen LogP contribution >= 0.6 is 0 Å². The molecule has 2 amide bonds. The van der Waals surface area contributed by atoms with Gasteiger partial charge in [-0.05, 0) is 25.0 Å². The molecule has 7 nitrogen and oxygen atoms in total. The van der Waals surface area contributed by atoms with E-state index in [1.54, 1.807) is 9.80 Å². The highest BCUT2D eigenvalue weighted by atomic mass is 16.5. The topological polar surface area (TPSA) is 72.2 Å². The van der Waals surface area contributed by atoms with Crippen molar-refractivity contribution in [1.29, 1.82) is 0 Å². The summed E-state index contributed by atoms with van der Waals surface area (Å²) < 4.78 is 16.6. The molecular weight excluding hydrogens is 336 g/mol. The second-order valence-electron chi connectivity index (χ2n) is 6.58. The molecule has 0 N–H and O–H groups in total. The zero-order chi connectivity index (χ0) is 18.1. The van der Waals surface area contributed by atoms with Gasteiger partial charge in [-0.3, -0.25) is 9.59 Å². The first-order valence-corrected chi connectivity index (χ1v) is 8.94. The van der Waals surface area contributed by atoms with E-state index in [2.05, 4.69) is 0 Å². The van der Waals surface area contributed by atoms with Crippen LogP contribution in [-0.4, -0.2) is 67.6 Å². The van der Waals surface area contributed by atoms with Crippen molar-refractivity contribution in [3.05, 3.63) is 30.0 Å². The maximum Gasteiger partial charge on any atom is 0.293 e. The normalized spacial score (nSPS) is 20.6. The lowest BCUT2D eigenvalue weighted by molar-refractivity contribution is -0.142. The van der Waals surface area contributed by atoms with Crippen LogP contribution in [0.25, 0.3) is 11.0 Å². The molecule has 138 valence electrons. The third-order valence-corrected chi connectivity index (χ3v) is 5.03. The molecule has 7 heteroatoms. The van der Waals surface area contributed by atoms with E-state index >= 15 is 0 Å². The number of para-hydroxylation sites is 1. The fourth-order valence-electron chi connectivity index (χ4n) is 3.61. The molecule has 26 heavy (non-hydrogen) atoms. The van der Waals surface area contributed by atoms with Crippen molar-refractivity contribution in [2.75, 3.05) is 39.9 Å². The van der Waals surface area contributed by atoms with Crippen LogP contribution in [0.1, 0.15) is 23.4 Å². The minimum atomic E-state index is -0.312. The van der Waals surface area contributed by atoms with Crippen LogP contribution in [-0.2, 0) is 9.53 Å². The Morgan fingerprint density at radius 2 is 1.85 bits per heavy atom. The SMILES string of the molecule is COc1c(C(=O)N2CCN(C(=O)C3CCCO3)CC2)oc2ccccc12. The molecule has 2 fully saturated rings. The zero-order valence-electron chi connectivity index (χ0n) is 14.8. The van der Waals surface area contributed by atoms with Gasteiger partial charge in [0.2, 0.25) is 5.76 Å². The second-order valence-corrected chi connectivity index (χ2v) is 6.58. The van der Waals surface area contributed by atoms with Gasteiger partial charge in [-0.1, -0.05) is 12.1 Å². The molecule has 3 heterocycles. The van der Waals surface area contributed by atoms with Crippen molar-refractivity contribution in [3.63, 3.8) is 0 Å². The largest absolute Gasteiger partial charge is 0.492 e. The lowest BCUT2D eigenvalue weighted by Crippen LogP contribution is -2.52. The predicted octanol–water partition coefficient (Wildman–Crippen LogP) is 1.90. The summed E-state index contributed by atoms with van der Waals surface area (Å²) in [6.45, 7) is 2.61. The van der Waals surface area contributed by atoms with Crippen LogP contribution in [0, 0.1) is 0 Å². The third-order valence-electron chi connectivity index (χ3n) is 5.03. The molecule has 4 rings (SSSR count). The average molecular weight is 358 g/mol. The van der Waals surface area contributed by atoms with Crippen molar-refractivity contribution in [1.82, 2.24) is 9.80 Å². The van der Waals surface area contributed by atoms with Crippen LogP contribution in [0.5, 0.6) is 5.75 Å². The summed E-state index contributed by atoms with van der Waals surface area (Å²) in [5.41, 5.74) is 0.625. The van der Waals surface area contributed by atoms with Gasteiger partial charge in [-0.2, -0.15) is 0 Å². The summed E-state index contributed by atoms with van der Waals surface area (Å²) >= 11 is 0. The predicted molar refractivity (Wildman–Crippen MR) is 94.2 cm³/mol. The van der Waals surface area contributed by atoms with E-state index in [4.69, 9.17) is 13.9 Å². The Bertz CT molecular complexity index is 816. The molecule has 1 atom stereocenters. The standard InChI is InChI=1S/C19H22N2O5/c1-24-16-13-5-2-3-6-14(13)26-17(16)19(23)21-10-8-20(9-11-21)18(22)15-7-4-12-25-15/h2-3,5-6,15H,4,7-12H2,1H3. The van der Waals surface area contributed by atoms with Crippen molar-refractivity contribution >= 4 is 22.8 Å². The second kappa shape index (κ2) is 6.99. The first-order valence-electron chi connectivity index (χ1n) is 8.94. The fourth-order valence-corrected chi connectivity index (χ4v) is 3.61. The summed E-state index contributed by atoms with van der Waals surface area (Å²) in [5.74, 6) is 0.509. The number of benzene rings is 1. The quantitative estimate of drug-likeness (QED) is 0.838. The Hall–Kier alpha value is -2.54. The maximum atomic E-state index is 12.9. The number of amides is 2. The maximum absolute atomic E-state index is 12.9. The van der Waals surface area contributed by atoms with E-state index in [0.717, 1.165) is 18.2 Å². The molecule has 0 spiro atoms. The van der Waals surface area contributed by atoms with Crippen LogP contribution in [0.4, 0.5) is 0 Å². The van der Waals surface area contributed by atoms with E-state index < -0.39 is 0 Å². The first-order chi connectivity index (χ1) is 12.7. The van der Waals surface area contributed by atoms with Gasteiger partial charge in [-0.15, -0.1) is 0 Å². The van der Waals surface area contributed by atoms with E-state index in [0.29, 0.717) is 44.1 Å². The molecule has 0 radical (unpaired) electrons. The number of fused-ring (bicyclic) bond motifs is 1. The molecule has 0 aliphatic carbocycles. The van der Waals surface area contributed by atoms with Gasteiger partial charge in [-0.25, -0.2) is 0 Å². The Labute approximate surface area is 151 Å². The summed E-state index contributed by atoms with van der Waals surface area (Å²) in [6.07, 6.45) is 1.40. The molecule has 2 aliphatic rings. The Balaban J connectivity index is 1.46. The van der Waals surface area contributed by atoms with Gasteiger partial charge in [0, 0.05) is 32.8 Å². The zero-order valence-corrected chi connectivity index (χ0v) is 14.8. The van der Waals surface area contributed by atoms with E-state index in [1.807, 2.05) is 24.3 Å². The minimum Gasteiger partial charge on any atom is -0.492 e. The third kappa shape index (κ3) is 2.92. The molecule has 2 aromatic rings. The van der Waals surface area contributed by atoms with Gasteiger partial charge in [0.15, 0.2) is 5.75 Å². The average Bonchev–Trinajstić information content (AvgIpc) is 3.34. The number of nitrogens with zero attached hydrogens (tertiary/aromatic N) is 2. The molecule has 1 aromatic carbocycles. The molecule has 2 saturated heterocycles. The summed E-state index contributed by atoms with van der Waals surface area (Å²) in [7, 11) is 1.53. The van der Waals surface area contributed by atoms with Crippen molar-refractivity contribution in [2.24, 2.45) is 0 Å². The number of rotatable bonds is 3. The molecule has 1 aromatic heterocycles. The monoisotopic (exact) mass is 358 g/mol. The number of carbonyl (C=O) groups is 2. The number of piperazine rings is 1. The van der Waals surface area contributed by atoms with Crippen LogP contribution in [0.15, 0.2) is 28.7 Å². The number of ether oxygens (including phenoxy) is 2. The van der Waals surface area contributed by atoms with Crippen molar-refractivity contribution in [3.8, 4) is 5.75 Å². The van der Waals surface area contributed by atoms with Crippen LogP contribution < -0.4 is 4.74 Å². The van der Waals surface area contributed by atoms with Crippen molar-refractivity contribution < 1.29 is 23.5 Å². The van der Waals surface area contributed by atoms with Crippen molar-refractivity contribution in [2.45, 2.75) is 18.9 Å². The number of hydrogen-bond donors (Lipinski definition) is 0. The van der Waals surface area contributed by atoms with Crippen LogP contribution in [0.3, 0.4) is 0 Å². The summed E-state index contributed by atoms with van der Waals surface area (Å²) in [5, 5.41) is 0.783. The number of methoxy groups -OCH3 is 1. The smallest absolute Gasteiger partial charge is 0.293 e. The highest BCUT2D eigenvalue weighted by Crippen LogP contribution is 2.33. The number of carbonyl (C=O) groups excluding carboxylic acids is 2. The fraction of sp³-hybridized carbons (Fsp3) is 0.474. The molecule has 1 unspecified atom stereocenters. The van der Waals surface area contributed by atoms with Gasteiger partial charge < -0.3 is 23.7 Å². The lowest BCUT2D eigenvalue weighted by Gasteiger charge is -2.35. The Morgan fingerprint density at radius 1 is 1.12 bits per heavy atom. The Morgan fingerprint density at radius 3 is 2.54 bits per heavy atom. The number of hydrogen-bond acceptors (Lipinski definition) is 5. The Kier molecular flexibility index (Phi) is 4.55. The molecular formula is C19H22N2O5. The van der Waals surface area contributed by atoms with Gasteiger partial charge in [0.05, 0.1) is 12.5 Å². The number of furan rings is 1. The van der Waals surface area contributed by atoms with Gasteiger partial charge in [0.25, 0.3) is 11.8 Å². The first kappa shape index (κ1) is 16.9. The highest BCUT2D eigenvalue weighted by Gasteiger charge is 2.33. The minimum absolute atomic E-state index is 0.0379. The lowest BCUT2D eigenvalue weighted by atomic mass is 10.2. The molecule has 0 bridgehead atoms. The van der Waals surface area contributed by atoms with Gasteiger partial charge in [0.1, 0.15) is 11.7 Å². The van der Waals surface area contributed by atoms with E-state index in [-0.39, 0.29) is 23.7 Å². The van der Waals surface area contributed by atoms with Gasteiger partial charge >= 0.3 is 0 Å². The summed E-state index contributed by atoms with van der Waals surface area (Å²) in [6, 6.07) is 7.42. The van der Waals surface area contributed by atoms with E-state index in [9.17, 15) is 9.59 Å². The van der Waals surface area contributed by atoms with E-state index in [1.165, 1.54) is 7.11 Å². The molecule has 2 aliphatic heterocycles. The highest BCUT2D eigenvalue weighted by molar-refractivity contribution is 6.01. The summed E-state index contributed by atoms with van der Waals surface area (Å²) in [4.78, 5) is 28.8. The molecule has 0 saturated carbocycles. The van der Waals surface area contributed by atoms with Crippen LogP contribution in [0.2, 0.25) is 0 Å².